The van der Waals surface area contributed by atoms with Crippen LogP contribution in [0.25, 0.3) is 0 Å². The molecule has 3 nitrogen and oxygen atoms in total. The van der Waals surface area contributed by atoms with Crippen LogP contribution in [0.1, 0.15) is 34.8 Å². The van der Waals surface area contributed by atoms with Gasteiger partial charge in [0.25, 0.3) is 0 Å². The Bertz CT molecular complexity index is 843. The third-order valence-electron chi connectivity index (χ3n) is 4.27. The molecule has 0 fully saturated rings. The largest absolute Gasteiger partial charge is 0.478 e. The standard InChI is InChI=1S/C18H14Cl3NO2/c1-18(11-5-12(19)7-13(20)6-11)8-16(22-9-18)10-2-3-14(17(23)24)15(21)4-10/h2-7H,8-9H2,1H3,(H,23,24). The predicted octanol–water partition coefficient (Wildman–Crippen LogP) is 5.50. The summed E-state index contributed by atoms with van der Waals surface area (Å²) < 4.78 is 0. The highest BCUT2D eigenvalue weighted by atomic mass is 35.5. The van der Waals surface area contributed by atoms with Gasteiger partial charge in [0.05, 0.1) is 10.6 Å². The van der Waals surface area contributed by atoms with Gasteiger partial charge in [-0.25, -0.2) is 4.79 Å². The normalized spacial score (nSPS) is 20.1. The van der Waals surface area contributed by atoms with E-state index in [4.69, 9.17) is 39.9 Å². The Morgan fingerprint density at radius 1 is 1.12 bits per heavy atom. The lowest BCUT2D eigenvalue weighted by atomic mass is 9.79. The van der Waals surface area contributed by atoms with Crippen LogP contribution in [0, 0.1) is 0 Å². The third kappa shape index (κ3) is 3.30. The van der Waals surface area contributed by atoms with Gasteiger partial charge in [-0.2, -0.15) is 0 Å². The molecule has 0 aliphatic carbocycles. The number of carbonyl (C=O) groups is 1. The van der Waals surface area contributed by atoms with Crippen molar-refractivity contribution >= 4 is 46.5 Å². The summed E-state index contributed by atoms with van der Waals surface area (Å²) in [6.45, 7) is 2.72. The van der Waals surface area contributed by atoms with E-state index in [9.17, 15) is 4.79 Å². The molecule has 0 aromatic heterocycles. The highest BCUT2D eigenvalue weighted by Gasteiger charge is 2.34. The first-order valence-corrected chi connectivity index (χ1v) is 8.45. The van der Waals surface area contributed by atoms with E-state index in [0.29, 0.717) is 23.0 Å². The lowest BCUT2D eigenvalue weighted by Gasteiger charge is -2.24. The Balaban J connectivity index is 1.89. The van der Waals surface area contributed by atoms with Crippen LogP contribution < -0.4 is 0 Å². The van der Waals surface area contributed by atoms with E-state index in [1.54, 1.807) is 18.2 Å². The average molecular weight is 383 g/mol. The molecule has 1 heterocycles. The van der Waals surface area contributed by atoms with Gasteiger partial charge in [-0.1, -0.05) is 47.8 Å². The number of carboxylic acids is 1. The molecule has 2 aromatic carbocycles. The summed E-state index contributed by atoms with van der Waals surface area (Å²) in [6.07, 6.45) is 0.701. The fourth-order valence-corrected chi connectivity index (χ4v) is 3.70. The minimum absolute atomic E-state index is 0.0865. The van der Waals surface area contributed by atoms with Gasteiger partial charge in [0.15, 0.2) is 0 Å². The second-order valence-corrected chi connectivity index (χ2v) is 7.44. The van der Waals surface area contributed by atoms with Crippen molar-refractivity contribution < 1.29 is 9.90 Å². The Morgan fingerprint density at radius 2 is 1.79 bits per heavy atom. The molecule has 0 spiro atoms. The van der Waals surface area contributed by atoms with Crippen molar-refractivity contribution in [3.05, 3.63) is 68.2 Å². The maximum absolute atomic E-state index is 11.1. The SMILES string of the molecule is CC1(c2cc(Cl)cc(Cl)c2)CN=C(c2ccc(C(=O)O)c(Cl)c2)C1. The number of nitrogens with zero attached hydrogens (tertiary/aromatic N) is 1. The number of rotatable bonds is 3. The lowest BCUT2D eigenvalue weighted by Crippen LogP contribution is -2.23. The number of hydrogen-bond donors (Lipinski definition) is 1. The van der Waals surface area contributed by atoms with Crippen molar-refractivity contribution in [2.45, 2.75) is 18.8 Å². The van der Waals surface area contributed by atoms with Crippen LogP contribution in [0.15, 0.2) is 41.4 Å². The molecule has 124 valence electrons. The highest BCUT2D eigenvalue weighted by Crippen LogP contribution is 2.37. The molecular weight excluding hydrogens is 369 g/mol. The van der Waals surface area contributed by atoms with Gasteiger partial charge < -0.3 is 5.11 Å². The fourth-order valence-electron chi connectivity index (χ4n) is 2.91. The molecule has 1 N–H and O–H groups in total. The second-order valence-electron chi connectivity index (χ2n) is 6.16. The van der Waals surface area contributed by atoms with E-state index in [2.05, 4.69) is 11.9 Å². The predicted molar refractivity (Wildman–Crippen MR) is 98.2 cm³/mol. The van der Waals surface area contributed by atoms with E-state index in [-0.39, 0.29) is 16.0 Å². The quantitative estimate of drug-likeness (QED) is 0.762. The maximum Gasteiger partial charge on any atom is 0.337 e. The Kier molecular flexibility index (Phi) is 4.60. The molecule has 24 heavy (non-hydrogen) atoms. The average Bonchev–Trinajstić information content (AvgIpc) is 2.90. The number of halogens is 3. The van der Waals surface area contributed by atoms with E-state index >= 15 is 0 Å². The van der Waals surface area contributed by atoms with Crippen LogP contribution in [0.2, 0.25) is 15.1 Å². The van der Waals surface area contributed by atoms with Gasteiger partial charge in [0.2, 0.25) is 0 Å². The topological polar surface area (TPSA) is 49.7 Å². The van der Waals surface area contributed by atoms with Gasteiger partial charge in [-0.15, -0.1) is 0 Å². The van der Waals surface area contributed by atoms with E-state index in [1.165, 1.54) is 6.07 Å². The Labute approximate surface area is 154 Å². The van der Waals surface area contributed by atoms with Crippen molar-refractivity contribution in [1.29, 1.82) is 0 Å². The van der Waals surface area contributed by atoms with E-state index in [0.717, 1.165) is 16.8 Å². The molecule has 0 bridgehead atoms. The molecular formula is C18H14Cl3NO2. The monoisotopic (exact) mass is 381 g/mol. The molecule has 0 saturated carbocycles. The first kappa shape index (κ1) is 17.3. The first-order chi connectivity index (χ1) is 11.3. The number of carboxylic acid groups (broad SMARTS) is 1. The van der Waals surface area contributed by atoms with Crippen LogP contribution >= 0.6 is 34.8 Å². The highest BCUT2D eigenvalue weighted by molar-refractivity contribution is 6.35. The fraction of sp³-hybridized carbons (Fsp3) is 0.222. The molecule has 1 aliphatic rings. The summed E-state index contributed by atoms with van der Waals surface area (Å²) >= 11 is 18.3. The summed E-state index contributed by atoms with van der Waals surface area (Å²) in [5.74, 6) is -1.04. The molecule has 0 radical (unpaired) electrons. The van der Waals surface area contributed by atoms with E-state index in [1.807, 2.05) is 12.1 Å². The summed E-state index contributed by atoms with van der Waals surface area (Å²) in [7, 11) is 0. The zero-order chi connectivity index (χ0) is 17.5. The number of aromatic carboxylic acids is 1. The van der Waals surface area contributed by atoms with Gasteiger partial charge in [-0.05, 0) is 41.5 Å². The van der Waals surface area contributed by atoms with Crippen LogP contribution in [0.4, 0.5) is 0 Å². The molecule has 0 saturated heterocycles. The number of hydrogen-bond acceptors (Lipinski definition) is 2. The van der Waals surface area contributed by atoms with Crippen molar-refractivity contribution in [2.24, 2.45) is 4.99 Å². The van der Waals surface area contributed by atoms with Crippen molar-refractivity contribution in [1.82, 2.24) is 0 Å². The maximum atomic E-state index is 11.1. The molecule has 6 heteroatoms. The minimum atomic E-state index is -1.04. The van der Waals surface area contributed by atoms with Crippen LogP contribution in [0.3, 0.4) is 0 Å². The zero-order valence-electron chi connectivity index (χ0n) is 12.8. The molecule has 1 aliphatic heterocycles. The Hall–Kier alpha value is -1.55. The van der Waals surface area contributed by atoms with Gasteiger partial charge in [0, 0.05) is 34.1 Å². The number of aliphatic imine (C=N–C) groups is 1. The zero-order valence-corrected chi connectivity index (χ0v) is 15.1. The van der Waals surface area contributed by atoms with Crippen molar-refractivity contribution in [2.75, 3.05) is 6.54 Å². The second kappa shape index (κ2) is 6.40. The van der Waals surface area contributed by atoms with Gasteiger partial charge in [-0.3, -0.25) is 4.99 Å². The molecule has 0 amide bonds. The number of benzene rings is 2. The summed E-state index contributed by atoms with van der Waals surface area (Å²) in [6, 6.07) is 10.4. The van der Waals surface area contributed by atoms with Gasteiger partial charge >= 0.3 is 5.97 Å². The molecule has 3 rings (SSSR count). The smallest absolute Gasteiger partial charge is 0.337 e. The molecule has 2 aromatic rings. The van der Waals surface area contributed by atoms with Crippen molar-refractivity contribution in [3.63, 3.8) is 0 Å². The summed E-state index contributed by atoms with van der Waals surface area (Å²) in [5, 5.41) is 10.5. The molecule has 1 unspecified atom stereocenters. The Morgan fingerprint density at radius 3 is 2.38 bits per heavy atom. The third-order valence-corrected chi connectivity index (χ3v) is 5.02. The van der Waals surface area contributed by atoms with Crippen LogP contribution in [-0.4, -0.2) is 23.3 Å². The van der Waals surface area contributed by atoms with E-state index < -0.39 is 5.97 Å². The lowest BCUT2D eigenvalue weighted by molar-refractivity contribution is 0.0697. The van der Waals surface area contributed by atoms with Crippen LogP contribution in [-0.2, 0) is 5.41 Å². The molecule has 1 atom stereocenters. The minimum Gasteiger partial charge on any atom is -0.478 e. The summed E-state index contributed by atoms with van der Waals surface area (Å²) in [5.41, 5.74) is 2.65. The first-order valence-electron chi connectivity index (χ1n) is 7.32. The summed E-state index contributed by atoms with van der Waals surface area (Å²) in [4.78, 5) is 15.7. The van der Waals surface area contributed by atoms with Crippen molar-refractivity contribution in [3.8, 4) is 0 Å². The van der Waals surface area contributed by atoms with Crippen LogP contribution in [0.5, 0.6) is 0 Å². The van der Waals surface area contributed by atoms with Gasteiger partial charge in [0.1, 0.15) is 0 Å².